The van der Waals surface area contributed by atoms with Crippen LogP contribution in [0.5, 0.6) is 0 Å². The van der Waals surface area contributed by atoms with E-state index in [2.05, 4.69) is 22.1 Å². The molecule has 0 bridgehead atoms. The molecule has 7 aromatic rings. The summed E-state index contributed by atoms with van der Waals surface area (Å²) in [6, 6.07) is 35.9. The zero-order chi connectivity index (χ0) is 25.5. The molecule has 3 heterocycles. The van der Waals surface area contributed by atoms with Crippen molar-refractivity contribution in [3.05, 3.63) is 131 Å². The number of imidazole rings is 1. The lowest BCUT2D eigenvalue weighted by Crippen LogP contribution is -2.29. The highest BCUT2D eigenvalue weighted by atomic mass is 16.1. The van der Waals surface area contributed by atoms with Crippen LogP contribution in [0.2, 0.25) is 0 Å². The highest BCUT2D eigenvalue weighted by Crippen LogP contribution is 2.29. The van der Waals surface area contributed by atoms with Gasteiger partial charge in [-0.2, -0.15) is 0 Å². The van der Waals surface area contributed by atoms with E-state index in [1.165, 1.54) is 5.56 Å². The van der Waals surface area contributed by atoms with Crippen molar-refractivity contribution in [3.8, 4) is 11.4 Å². The fourth-order valence-electron chi connectivity index (χ4n) is 5.31. The molecule has 0 radical (unpaired) electrons. The van der Waals surface area contributed by atoms with Crippen molar-refractivity contribution < 1.29 is 0 Å². The number of H-pyrrole nitrogens is 2. The van der Waals surface area contributed by atoms with Crippen LogP contribution in [0.4, 0.5) is 0 Å². The van der Waals surface area contributed by atoms with Crippen molar-refractivity contribution in [2.75, 3.05) is 0 Å². The maximum Gasteiger partial charge on any atom is 0.279 e. The Morgan fingerprint density at radius 3 is 2.24 bits per heavy atom. The second-order valence-electron chi connectivity index (χ2n) is 9.57. The number of nitrogens with one attached hydrogen (secondary N) is 2. The van der Waals surface area contributed by atoms with Crippen LogP contribution >= 0.6 is 0 Å². The number of hydrogen-bond donors (Lipinski definition) is 2. The van der Waals surface area contributed by atoms with Crippen molar-refractivity contribution in [1.29, 1.82) is 0 Å². The third-order valence-corrected chi connectivity index (χ3v) is 7.16. The molecule has 0 amide bonds. The summed E-state index contributed by atoms with van der Waals surface area (Å²) in [5.74, 6) is 0.767. The van der Waals surface area contributed by atoms with E-state index in [0.29, 0.717) is 17.8 Å². The normalized spacial score (nSPS) is 12.4. The molecule has 1 atom stereocenters. The Bertz CT molecular complexity index is 1900. The van der Waals surface area contributed by atoms with E-state index in [9.17, 15) is 4.79 Å². The van der Waals surface area contributed by atoms with Crippen molar-refractivity contribution in [2.45, 2.75) is 18.9 Å². The summed E-state index contributed by atoms with van der Waals surface area (Å²) in [4.78, 5) is 31.0. The van der Waals surface area contributed by atoms with Gasteiger partial charge in [0.2, 0.25) is 0 Å². The number of para-hydroxylation sites is 5. The summed E-state index contributed by atoms with van der Waals surface area (Å²) in [6.45, 7) is 0. The van der Waals surface area contributed by atoms with Crippen LogP contribution in [-0.2, 0) is 6.42 Å². The fraction of sp³-hybridized carbons (Fsp3) is 0.0938. The van der Waals surface area contributed by atoms with Crippen molar-refractivity contribution in [1.82, 2.24) is 24.5 Å². The smallest absolute Gasteiger partial charge is 0.279 e. The standard InChI is InChI=1S/C32H25N5O/c38-32-30(27-20-22-12-4-5-13-23(22)33-27)34-26-16-8-9-17-28(26)37(32)29(19-18-21-10-2-1-3-11-21)31-35-24-14-6-7-15-25(24)36-31/h1-17,20,29,33H,18-19H2,(H,35,36). The lowest BCUT2D eigenvalue weighted by molar-refractivity contribution is 0.518. The van der Waals surface area contributed by atoms with Gasteiger partial charge >= 0.3 is 0 Å². The quantitative estimate of drug-likeness (QED) is 0.271. The summed E-state index contributed by atoms with van der Waals surface area (Å²) in [6.07, 6.45) is 1.50. The third kappa shape index (κ3) is 3.87. The van der Waals surface area contributed by atoms with E-state index in [1.807, 2.05) is 102 Å². The monoisotopic (exact) mass is 495 g/mol. The Hall–Kier alpha value is -4.97. The highest BCUT2D eigenvalue weighted by Gasteiger charge is 2.24. The SMILES string of the molecule is O=c1c(-c2cc3ccccc3[nH]2)nc2ccccc2n1C(CCc1ccccc1)c1nc2ccccc2[nH]1. The molecule has 1 unspecified atom stereocenters. The van der Waals surface area contributed by atoms with Crippen LogP contribution in [-0.4, -0.2) is 24.5 Å². The summed E-state index contributed by atoms with van der Waals surface area (Å²) in [7, 11) is 0. The zero-order valence-corrected chi connectivity index (χ0v) is 20.6. The maximum atomic E-state index is 14.3. The van der Waals surface area contributed by atoms with E-state index < -0.39 is 0 Å². The largest absolute Gasteiger partial charge is 0.353 e. The molecule has 6 heteroatoms. The van der Waals surface area contributed by atoms with E-state index in [-0.39, 0.29) is 11.6 Å². The van der Waals surface area contributed by atoms with Gasteiger partial charge < -0.3 is 9.97 Å². The topological polar surface area (TPSA) is 79.4 Å². The molecule has 0 aliphatic carbocycles. The highest BCUT2D eigenvalue weighted by molar-refractivity contribution is 5.86. The van der Waals surface area contributed by atoms with Crippen LogP contribution in [0.25, 0.3) is 44.4 Å². The van der Waals surface area contributed by atoms with Crippen LogP contribution in [0.15, 0.2) is 114 Å². The lowest BCUT2D eigenvalue weighted by Gasteiger charge is -2.21. The predicted molar refractivity (Wildman–Crippen MR) is 152 cm³/mol. The first kappa shape index (κ1) is 22.2. The van der Waals surface area contributed by atoms with Gasteiger partial charge in [-0.3, -0.25) is 9.36 Å². The summed E-state index contributed by atoms with van der Waals surface area (Å²) in [5, 5.41) is 1.04. The van der Waals surface area contributed by atoms with E-state index in [4.69, 9.17) is 9.97 Å². The number of nitrogens with zero attached hydrogens (tertiary/aromatic N) is 3. The first-order valence-electron chi connectivity index (χ1n) is 12.8. The minimum Gasteiger partial charge on any atom is -0.353 e. The molecule has 0 fully saturated rings. The van der Waals surface area contributed by atoms with Crippen LogP contribution in [0.1, 0.15) is 23.9 Å². The van der Waals surface area contributed by atoms with Gasteiger partial charge in [0.15, 0.2) is 5.69 Å². The summed E-state index contributed by atoms with van der Waals surface area (Å²) in [5.41, 5.74) is 6.55. The van der Waals surface area contributed by atoms with Crippen LogP contribution < -0.4 is 5.56 Å². The number of aryl methyl sites for hydroxylation is 1. The van der Waals surface area contributed by atoms with Gasteiger partial charge in [0.25, 0.3) is 5.56 Å². The molecule has 0 aliphatic heterocycles. The molecule has 184 valence electrons. The minimum absolute atomic E-state index is 0.145. The average Bonchev–Trinajstić information content (AvgIpc) is 3.59. The van der Waals surface area contributed by atoms with Crippen LogP contribution in [0.3, 0.4) is 0 Å². The molecular formula is C32H25N5O. The number of fused-ring (bicyclic) bond motifs is 3. The predicted octanol–water partition coefficient (Wildman–Crippen LogP) is 6.64. The molecule has 3 aromatic heterocycles. The molecule has 0 aliphatic rings. The Morgan fingerprint density at radius 2 is 1.42 bits per heavy atom. The molecule has 0 saturated heterocycles. The summed E-state index contributed by atoms with van der Waals surface area (Å²) < 4.78 is 1.88. The van der Waals surface area contributed by atoms with Gasteiger partial charge in [-0.15, -0.1) is 0 Å². The maximum absolute atomic E-state index is 14.3. The molecule has 0 saturated carbocycles. The molecule has 0 spiro atoms. The Labute approximate surface area is 218 Å². The number of aromatic nitrogens is 5. The zero-order valence-electron chi connectivity index (χ0n) is 20.6. The van der Waals surface area contributed by atoms with Crippen molar-refractivity contribution in [2.24, 2.45) is 0 Å². The van der Waals surface area contributed by atoms with Gasteiger partial charge in [-0.1, -0.05) is 72.8 Å². The molecule has 4 aromatic carbocycles. The summed E-state index contributed by atoms with van der Waals surface area (Å²) >= 11 is 0. The minimum atomic E-state index is -0.314. The first-order chi connectivity index (χ1) is 18.7. The van der Waals surface area contributed by atoms with Gasteiger partial charge in [0, 0.05) is 10.9 Å². The van der Waals surface area contributed by atoms with Gasteiger partial charge in [-0.25, -0.2) is 9.97 Å². The van der Waals surface area contributed by atoms with Gasteiger partial charge in [0.05, 0.1) is 33.8 Å². The number of hydrogen-bond acceptors (Lipinski definition) is 3. The molecular weight excluding hydrogens is 470 g/mol. The van der Waals surface area contributed by atoms with Gasteiger partial charge in [0.1, 0.15) is 5.82 Å². The fourth-order valence-corrected chi connectivity index (χ4v) is 5.31. The Morgan fingerprint density at radius 1 is 0.711 bits per heavy atom. The van der Waals surface area contributed by atoms with Crippen molar-refractivity contribution >= 4 is 33.0 Å². The van der Waals surface area contributed by atoms with Crippen LogP contribution in [0, 0.1) is 0 Å². The number of rotatable bonds is 6. The Kier molecular flexibility index (Phi) is 5.36. The Balaban J connectivity index is 1.45. The van der Waals surface area contributed by atoms with E-state index >= 15 is 0 Å². The van der Waals surface area contributed by atoms with Crippen molar-refractivity contribution in [3.63, 3.8) is 0 Å². The number of aromatic amines is 2. The van der Waals surface area contributed by atoms with E-state index in [1.54, 1.807) is 0 Å². The molecule has 7 rings (SSSR count). The van der Waals surface area contributed by atoms with E-state index in [0.717, 1.165) is 45.2 Å². The lowest BCUT2D eigenvalue weighted by atomic mass is 10.0. The second-order valence-corrected chi connectivity index (χ2v) is 9.57. The molecule has 6 nitrogen and oxygen atoms in total. The average molecular weight is 496 g/mol. The second kappa shape index (κ2) is 9.16. The molecule has 38 heavy (non-hydrogen) atoms. The number of benzene rings is 4. The first-order valence-corrected chi connectivity index (χ1v) is 12.8. The van der Waals surface area contributed by atoms with Gasteiger partial charge in [-0.05, 0) is 54.8 Å². The molecule has 2 N–H and O–H groups in total. The third-order valence-electron chi connectivity index (χ3n) is 7.16.